The Bertz CT molecular complexity index is 458. The minimum absolute atomic E-state index is 0. The molecule has 2 N–H and O–H groups in total. The smallest absolute Gasteiger partial charge is 0.0772 e. The van der Waals surface area contributed by atoms with E-state index >= 15 is 0 Å². The molecular weight excluding hydrogens is 282 g/mol. The quantitative estimate of drug-likeness (QED) is 0.815. The maximum atomic E-state index is 10.6. The molecule has 0 saturated heterocycles. The van der Waals surface area contributed by atoms with E-state index in [0.29, 0.717) is 5.92 Å². The monoisotopic (exact) mass is 309 g/mol. The Hall–Kier alpha value is -0.830. The lowest BCUT2D eigenvalue weighted by atomic mass is 9.73. The van der Waals surface area contributed by atoms with Crippen LogP contribution in [0.1, 0.15) is 51.6 Å². The van der Waals surface area contributed by atoms with Crippen LogP contribution < -0.4 is 5.32 Å². The van der Waals surface area contributed by atoms with Crippen molar-refractivity contribution >= 4 is 12.4 Å². The molecule has 1 aliphatic rings. The molecular formula is C18H28ClNO. The minimum atomic E-state index is -0.630. The van der Waals surface area contributed by atoms with Gasteiger partial charge in [-0.15, -0.1) is 12.4 Å². The number of nitrogens with one attached hydrogen (secondary N) is 1. The van der Waals surface area contributed by atoms with Gasteiger partial charge in [-0.25, -0.2) is 0 Å². The van der Waals surface area contributed by atoms with Crippen molar-refractivity contribution in [1.29, 1.82) is 0 Å². The Labute approximate surface area is 135 Å². The molecule has 1 aromatic rings. The Kier molecular flexibility index (Phi) is 6.45. The minimum Gasteiger partial charge on any atom is -0.389 e. The van der Waals surface area contributed by atoms with E-state index in [2.05, 4.69) is 50.0 Å². The van der Waals surface area contributed by atoms with E-state index in [1.165, 1.54) is 11.1 Å². The lowest BCUT2D eigenvalue weighted by molar-refractivity contribution is -0.0232. The molecule has 3 heteroatoms. The first kappa shape index (κ1) is 18.2. The first-order valence-corrected chi connectivity index (χ1v) is 7.59. The number of benzene rings is 1. The summed E-state index contributed by atoms with van der Waals surface area (Å²) in [6, 6.07) is 10.8. The summed E-state index contributed by atoms with van der Waals surface area (Å²) in [6.07, 6.45) is 2.85. The molecule has 0 heterocycles. The molecule has 0 aromatic heterocycles. The maximum Gasteiger partial charge on any atom is 0.0772 e. The Morgan fingerprint density at radius 2 is 2.00 bits per heavy atom. The summed E-state index contributed by atoms with van der Waals surface area (Å²) < 4.78 is 0. The Balaban J connectivity index is 0.00000220. The average molecular weight is 310 g/mol. The van der Waals surface area contributed by atoms with Crippen molar-refractivity contribution in [2.24, 2.45) is 5.92 Å². The van der Waals surface area contributed by atoms with Crippen LogP contribution in [0.2, 0.25) is 0 Å². The summed E-state index contributed by atoms with van der Waals surface area (Å²) in [5.74, 6) is 0.524. The number of hydrogen-bond donors (Lipinski definition) is 2. The van der Waals surface area contributed by atoms with E-state index in [1.807, 2.05) is 13.0 Å². The van der Waals surface area contributed by atoms with E-state index in [4.69, 9.17) is 0 Å². The molecule has 0 aliphatic heterocycles. The maximum absolute atomic E-state index is 10.6. The summed E-state index contributed by atoms with van der Waals surface area (Å²) in [6.45, 7) is 10.3. The first-order valence-electron chi connectivity index (χ1n) is 7.59. The van der Waals surface area contributed by atoms with Gasteiger partial charge in [0.2, 0.25) is 0 Å². The van der Waals surface area contributed by atoms with Crippen LogP contribution in [0.5, 0.6) is 0 Å². The van der Waals surface area contributed by atoms with Crippen LogP contribution in [-0.2, 0) is 0 Å². The summed E-state index contributed by atoms with van der Waals surface area (Å²) in [4.78, 5) is 0. The second kappa shape index (κ2) is 7.44. The highest BCUT2D eigenvalue weighted by Gasteiger charge is 2.39. The molecule has 4 atom stereocenters. The summed E-state index contributed by atoms with van der Waals surface area (Å²) in [5.41, 5.74) is 1.87. The van der Waals surface area contributed by atoms with Gasteiger partial charge in [0.05, 0.1) is 5.60 Å². The van der Waals surface area contributed by atoms with Crippen LogP contribution in [-0.4, -0.2) is 16.7 Å². The van der Waals surface area contributed by atoms with Gasteiger partial charge in [0.25, 0.3) is 0 Å². The third-order valence-electron chi connectivity index (χ3n) is 4.72. The number of aliphatic hydroxyl groups is 1. The van der Waals surface area contributed by atoms with Gasteiger partial charge in [-0.1, -0.05) is 42.5 Å². The van der Waals surface area contributed by atoms with Crippen LogP contribution in [0.4, 0.5) is 0 Å². The molecule has 21 heavy (non-hydrogen) atoms. The zero-order chi connectivity index (χ0) is 14.8. The normalized spacial score (nSPS) is 30.3. The van der Waals surface area contributed by atoms with Crippen molar-refractivity contribution < 1.29 is 5.11 Å². The first-order chi connectivity index (χ1) is 9.40. The molecule has 118 valence electrons. The van der Waals surface area contributed by atoms with Gasteiger partial charge in [0, 0.05) is 12.1 Å². The Morgan fingerprint density at radius 3 is 2.57 bits per heavy atom. The van der Waals surface area contributed by atoms with Crippen molar-refractivity contribution in [2.45, 2.75) is 57.7 Å². The van der Waals surface area contributed by atoms with Gasteiger partial charge < -0.3 is 10.4 Å². The molecule has 1 saturated carbocycles. The lowest BCUT2D eigenvalue weighted by Gasteiger charge is -2.43. The van der Waals surface area contributed by atoms with E-state index in [0.717, 1.165) is 19.3 Å². The van der Waals surface area contributed by atoms with Gasteiger partial charge in [-0.2, -0.15) is 0 Å². The number of hydrogen-bond acceptors (Lipinski definition) is 2. The number of halogens is 1. The molecule has 1 aliphatic carbocycles. The van der Waals surface area contributed by atoms with Crippen molar-refractivity contribution in [3.8, 4) is 0 Å². The van der Waals surface area contributed by atoms with E-state index in [1.54, 1.807) is 0 Å². The zero-order valence-electron chi connectivity index (χ0n) is 13.3. The second-order valence-corrected chi connectivity index (χ2v) is 6.53. The van der Waals surface area contributed by atoms with Crippen molar-refractivity contribution in [1.82, 2.24) is 5.32 Å². The van der Waals surface area contributed by atoms with Gasteiger partial charge in [0.1, 0.15) is 0 Å². The third kappa shape index (κ3) is 4.57. The fraction of sp³-hybridized carbons (Fsp3) is 0.556. The van der Waals surface area contributed by atoms with Crippen LogP contribution in [0.15, 0.2) is 42.5 Å². The highest BCUT2D eigenvalue weighted by Crippen LogP contribution is 2.36. The van der Waals surface area contributed by atoms with Crippen LogP contribution in [0, 0.1) is 5.92 Å². The highest BCUT2D eigenvalue weighted by molar-refractivity contribution is 5.85. The number of rotatable bonds is 4. The summed E-state index contributed by atoms with van der Waals surface area (Å²) >= 11 is 0. The average Bonchev–Trinajstić information content (AvgIpc) is 2.41. The van der Waals surface area contributed by atoms with Gasteiger partial charge in [-0.3, -0.25) is 0 Å². The molecule has 0 unspecified atom stereocenters. The van der Waals surface area contributed by atoms with Gasteiger partial charge in [-0.05, 0) is 51.5 Å². The highest BCUT2D eigenvalue weighted by atomic mass is 35.5. The predicted molar refractivity (Wildman–Crippen MR) is 91.8 cm³/mol. The lowest BCUT2D eigenvalue weighted by Crippen LogP contribution is -2.53. The topological polar surface area (TPSA) is 32.3 Å². The van der Waals surface area contributed by atoms with Crippen LogP contribution in [0.3, 0.4) is 0 Å². The van der Waals surface area contributed by atoms with E-state index < -0.39 is 5.60 Å². The molecule has 0 amide bonds. The molecule has 1 aromatic carbocycles. The predicted octanol–water partition coefficient (Wildman–Crippen LogP) is 4.25. The zero-order valence-corrected chi connectivity index (χ0v) is 14.1. The van der Waals surface area contributed by atoms with Crippen LogP contribution >= 0.6 is 12.4 Å². The standard InChI is InChI=1S/C18H27NO.ClH/c1-13(2)16-10-11-18(4,20)17(12-16)19-14(3)15-8-6-5-7-9-15;/h5-9,14,16-17,19-20H,1,10-12H2,2-4H3;1H/t14-,16-,17+,18+;/m1./s1. The van der Waals surface area contributed by atoms with Crippen molar-refractivity contribution in [2.75, 3.05) is 0 Å². The SMILES string of the molecule is C=C(C)[C@@H]1CC[C@](C)(O)[C@@H](N[C@H](C)c2ccccc2)C1.Cl. The molecule has 0 spiro atoms. The summed E-state index contributed by atoms with van der Waals surface area (Å²) in [5, 5.41) is 14.3. The fourth-order valence-electron chi connectivity index (χ4n) is 3.13. The summed E-state index contributed by atoms with van der Waals surface area (Å²) in [7, 11) is 0. The largest absolute Gasteiger partial charge is 0.389 e. The van der Waals surface area contributed by atoms with Crippen molar-refractivity contribution in [3.05, 3.63) is 48.0 Å². The molecule has 2 nitrogen and oxygen atoms in total. The van der Waals surface area contributed by atoms with Gasteiger partial charge in [0.15, 0.2) is 0 Å². The van der Waals surface area contributed by atoms with Crippen molar-refractivity contribution in [3.63, 3.8) is 0 Å². The van der Waals surface area contributed by atoms with E-state index in [9.17, 15) is 5.11 Å². The number of allylic oxidation sites excluding steroid dienone is 1. The molecule has 0 radical (unpaired) electrons. The second-order valence-electron chi connectivity index (χ2n) is 6.53. The third-order valence-corrected chi connectivity index (χ3v) is 4.72. The van der Waals surface area contributed by atoms with E-state index in [-0.39, 0.29) is 24.5 Å². The fourth-order valence-corrected chi connectivity index (χ4v) is 3.13. The molecule has 0 bridgehead atoms. The molecule has 2 rings (SSSR count). The Morgan fingerprint density at radius 1 is 1.38 bits per heavy atom. The molecule has 1 fully saturated rings. The van der Waals surface area contributed by atoms with Gasteiger partial charge >= 0.3 is 0 Å². The van der Waals surface area contributed by atoms with Crippen LogP contribution in [0.25, 0.3) is 0 Å².